The number of methoxy groups -OCH3 is 1. The van der Waals surface area contributed by atoms with Crippen LogP contribution in [-0.4, -0.2) is 37.0 Å². The second-order valence-corrected chi connectivity index (χ2v) is 6.70. The lowest BCUT2D eigenvalue weighted by Gasteiger charge is -2.11. The van der Waals surface area contributed by atoms with E-state index in [0.29, 0.717) is 16.8 Å². The Bertz CT molecular complexity index is 1300. The van der Waals surface area contributed by atoms with E-state index in [1.54, 1.807) is 43.2 Å². The zero-order chi connectivity index (χ0) is 20.7. The Balaban J connectivity index is 1.78. The van der Waals surface area contributed by atoms with Gasteiger partial charge >= 0.3 is 5.97 Å². The van der Waals surface area contributed by atoms with E-state index in [-0.39, 0.29) is 28.7 Å². The van der Waals surface area contributed by atoms with Crippen molar-refractivity contribution in [3.8, 4) is 11.3 Å². The molecule has 4 rings (SSSR count). The van der Waals surface area contributed by atoms with E-state index in [9.17, 15) is 14.0 Å². The maximum atomic E-state index is 14.8. The Labute approximate surface area is 164 Å². The van der Waals surface area contributed by atoms with Crippen molar-refractivity contribution in [1.29, 1.82) is 0 Å². The van der Waals surface area contributed by atoms with Gasteiger partial charge in [0.05, 0.1) is 25.7 Å². The van der Waals surface area contributed by atoms with Crippen LogP contribution < -0.4 is 5.56 Å². The van der Waals surface area contributed by atoms with E-state index in [0.717, 1.165) is 0 Å². The number of hydrogen-bond donors (Lipinski definition) is 0. The summed E-state index contributed by atoms with van der Waals surface area (Å²) in [6, 6.07) is 6.52. The third-order valence-corrected chi connectivity index (χ3v) is 4.75. The number of halogens is 1. The minimum Gasteiger partial charge on any atom is -0.465 e. The molecular formula is C20H18FN5O3. The number of hydrogen-bond acceptors (Lipinski definition) is 5. The molecule has 1 aromatic carbocycles. The summed E-state index contributed by atoms with van der Waals surface area (Å²) in [4.78, 5) is 29.2. The van der Waals surface area contributed by atoms with Gasteiger partial charge in [0.2, 0.25) is 0 Å². The van der Waals surface area contributed by atoms with Crippen LogP contribution in [0, 0.1) is 5.82 Å². The predicted octanol–water partition coefficient (Wildman–Crippen LogP) is 2.11. The molecule has 148 valence electrons. The summed E-state index contributed by atoms with van der Waals surface area (Å²) >= 11 is 0. The third kappa shape index (κ3) is 3.20. The lowest BCUT2D eigenvalue weighted by Crippen LogP contribution is -2.24. The number of carbonyl (C=O) groups is 1. The Kier molecular flexibility index (Phi) is 4.50. The van der Waals surface area contributed by atoms with Gasteiger partial charge in [0.25, 0.3) is 5.56 Å². The molecule has 0 aliphatic heterocycles. The van der Waals surface area contributed by atoms with Crippen LogP contribution in [0.2, 0.25) is 0 Å². The summed E-state index contributed by atoms with van der Waals surface area (Å²) in [5.74, 6) is -1.09. The first-order valence-electron chi connectivity index (χ1n) is 8.80. The molecule has 29 heavy (non-hydrogen) atoms. The number of carbonyl (C=O) groups excluding carboxylic acids is 1. The number of pyridine rings is 1. The summed E-state index contributed by atoms with van der Waals surface area (Å²) < 4.78 is 24.0. The average Bonchev–Trinajstić information content (AvgIpc) is 3.31. The van der Waals surface area contributed by atoms with Crippen molar-refractivity contribution in [1.82, 2.24) is 23.9 Å². The number of imidazole rings is 1. The molecule has 3 aromatic heterocycles. The van der Waals surface area contributed by atoms with Crippen molar-refractivity contribution in [3.63, 3.8) is 0 Å². The molecule has 3 heterocycles. The molecular weight excluding hydrogens is 377 g/mol. The number of nitrogens with zero attached hydrogens (tertiary/aromatic N) is 5. The zero-order valence-electron chi connectivity index (χ0n) is 16.1. The van der Waals surface area contributed by atoms with Crippen LogP contribution >= 0.6 is 0 Å². The summed E-state index contributed by atoms with van der Waals surface area (Å²) in [5.41, 5.74) is 1.87. The van der Waals surface area contributed by atoms with Crippen LogP contribution in [0.5, 0.6) is 0 Å². The lowest BCUT2D eigenvalue weighted by atomic mass is 10.1. The Morgan fingerprint density at radius 3 is 2.69 bits per heavy atom. The van der Waals surface area contributed by atoms with Crippen LogP contribution in [0.3, 0.4) is 0 Å². The number of rotatable bonds is 4. The van der Waals surface area contributed by atoms with Gasteiger partial charge in [-0.25, -0.2) is 14.2 Å². The molecule has 0 aliphatic rings. The van der Waals surface area contributed by atoms with Crippen LogP contribution in [0.4, 0.5) is 4.39 Å². The largest absolute Gasteiger partial charge is 0.465 e. The van der Waals surface area contributed by atoms with Gasteiger partial charge in [0.1, 0.15) is 22.4 Å². The van der Waals surface area contributed by atoms with Gasteiger partial charge in [-0.2, -0.15) is 5.10 Å². The van der Waals surface area contributed by atoms with Crippen LogP contribution in [0.25, 0.3) is 22.3 Å². The molecule has 8 nitrogen and oxygen atoms in total. The summed E-state index contributed by atoms with van der Waals surface area (Å²) in [6.07, 6.45) is 4.58. The number of esters is 1. The lowest BCUT2D eigenvalue weighted by molar-refractivity contribution is 0.0602. The van der Waals surface area contributed by atoms with Crippen molar-refractivity contribution >= 4 is 17.0 Å². The number of aromatic nitrogens is 5. The zero-order valence-corrected chi connectivity index (χ0v) is 16.1. The summed E-state index contributed by atoms with van der Waals surface area (Å²) in [5, 5.41) is 4.26. The predicted molar refractivity (Wildman–Crippen MR) is 104 cm³/mol. The first-order valence-corrected chi connectivity index (χ1v) is 8.80. The standard InChI is InChI=1S/C20H18FN5O3/c1-24-11-22-17-14(20(28)29-3)10-26(19(27)18(17)24)9-13-5-4-12(8-15(13)21)16-6-7-25(2)23-16/h4-8,10-11H,9H2,1-3H3. The maximum Gasteiger partial charge on any atom is 0.341 e. The Morgan fingerprint density at radius 1 is 1.24 bits per heavy atom. The van der Waals surface area contributed by atoms with E-state index in [2.05, 4.69) is 10.1 Å². The van der Waals surface area contributed by atoms with Crippen LogP contribution in [0.1, 0.15) is 15.9 Å². The molecule has 0 aliphatic carbocycles. The second-order valence-electron chi connectivity index (χ2n) is 6.70. The SMILES string of the molecule is COC(=O)c1cn(Cc2ccc(-c3ccn(C)n3)cc2F)c(=O)c2c1ncn2C. The fraction of sp³-hybridized carbons (Fsp3) is 0.200. The quantitative estimate of drug-likeness (QED) is 0.494. The highest BCUT2D eigenvalue weighted by molar-refractivity contribution is 6.01. The Hall–Kier alpha value is -3.75. The minimum absolute atomic E-state index is 0.0434. The van der Waals surface area contributed by atoms with E-state index < -0.39 is 11.8 Å². The highest BCUT2D eigenvalue weighted by atomic mass is 19.1. The van der Waals surface area contributed by atoms with Gasteiger partial charge in [0.15, 0.2) is 0 Å². The highest BCUT2D eigenvalue weighted by Crippen LogP contribution is 2.21. The molecule has 0 radical (unpaired) electrons. The van der Waals surface area contributed by atoms with Gasteiger partial charge in [-0.1, -0.05) is 12.1 Å². The van der Waals surface area contributed by atoms with E-state index in [4.69, 9.17) is 4.74 Å². The average molecular weight is 395 g/mol. The molecule has 0 saturated heterocycles. The number of aryl methyl sites for hydroxylation is 2. The molecule has 0 amide bonds. The van der Waals surface area contributed by atoms with Gasteiger partial charge in [-0.15, -0.1) is 0 Å². The van der Waals surface area contributed by atoms with Crippen LogP contribution in [-0.2, 0) is 25.4 Å². The topological polar surface area (TPSA) is 83.9 Å². The van der Waals surface area contributed by atoms with Crippen molar-refractivity contribution in [2.24, 2.45) is 14.1 Å². The summed E-state index contributed by atoms with van der Waals surface area (Å²) in [6.45, 7) is -0.0434. The van der Waals surface area contributed by atoms with Gasteiger partial charge < -0.3 is 13.9 Å². The molecule has 0 unspecified atom stereocenters. The van der Waals surface area contributed by atoms with E-state index >= 15 is 0 Å². The molecule has 0 bridgehead atoms. The van der Waals surface area contributed by atoms with Gasteiger partial charge in [0, 0.05) is 37.6 Å². The van der Waals surface area contributed by atoms with Gasteiger partial charge in [-0.3, -0.25) is 9.48 Å². The summed E-state index contributed by atoms with van der Waals surface area (Å²) in [7, 11) is 4.70. The van der Waals surface area contributed by atoms with E-state index in [1.807, 2.05) is 0 Å². The van der Waals surface area contributed by atoms with E-state index in [1.165, 1.54) is 34.8 Å². The fourth-order valence-corrected chi connectivity index (χ4v) is 3.26. The molecule has 0 fully saturated rings. The molecule has 0 N–H and O–H groups in total. The molecule has 4 aromatic rings. The first-order chi connectivity index (χ1) is 13.9. The monoisotopic (exact) mass is 395 g/mol. The minimum atomic E-state index is -0.617. The van der Waals surface area contributed by atoms with Crippen LogP contribution in [0.15, 0.2) is 47.8 Å². The second kappa shape index (κ2) is 7.01. The normalized spacial score (nSPS) is 11.2. The third-order valence-electron chi connectivity index (χ3n) is 4.75. The number of fused-ring (bicyclic) bond motifs is 1. The molecule has 0 atom stereocenters. The molecule has 0 spiro atoms. The fourth-order valence-electron chi connectivity index (χ4n) is 3.26. The van der Waals surface area contributed by atoms with Crippen molar-refractivity contribution < 1.29 is 13.9 Å². The highest BCUT2D eigenvalue weighted by Gasteiger charge is 2.19. The van der Waals surface area contributed by atoms with Crippen molar-refractivity contribution in [3.05, 3.63) is 70.3 Å². The van der Waals surface area contributed by atoms with Crippen molar-refractivity contribution in [2.75, 3.05) is 7.11 Å². The molecule has 9 heteroatoms. The Morgan fingerprint density at radius 2 is 2.03 bits per heavy atom. The maximum absolute atomic E-state index is 14.8. The first kappa shape index (κ1) is 18.6. The number of ether oxygens (including phenoxy) is 1. The smallest absolute Gasteiger partial charge is 0.341 e. The number of benzene rings is 1. The van der Waals surface area contributed by atoms with Crippen molar-refractivity contribution in [2.45, 2.75) is 6.54 Å². The molecule has 0 saturated carbocycles. The van der Waals surface area contributed by atoms with Gasteiger partial charge in [-0.05, 0) is 12.1 Å².